The molecule has 0 aliphatic rings. The molecular formula is C17H19ClF2N2O3S. The average Bonchev–Trinajstić information content (AvgIpc) is 3.03. The van der Waals surface area contributed by atoms with E-state index in [0.717, 1.165) is 4.88 Å². The molecular weight excluding hydrogens is 386 g/mol. The molecule has 2 aromatic rings. The third-order valence-corrected chi connectivity index (χ3v) is 4.75. The third kappa shape index (κ3) is 5.74. The lowest BCUT2D eigenvalue weighted by Crippen LogP contribution is -2.38. The Morgan fingerprint density at radius 3 is 2.65 bits per heavy atom. The van der Waals surface area contributed by atoms with Crippen molar-refractivity contribution in [2.24, 2.45) is 0 Å². The maximum absolute atomic E-state index is 12.4. The van der Waals surface area contributed by atoms with Gasteiger partial charge in [0, 0.05) is 18.0 Å². The van der Waals surface area contributed by atoms with E-state index >= 15 is 0 Å². The van der Waals surface area contributed by atoms with Crippen molar-refractivity contribution in [3.63, 3.8) is 0 Å². The van der Waals surface area contributed by atoms with Crippen molar-refractivity contribution < 1.29 is 23.0 Å². The van der Waals surface area contributed by atoms with Crippen LogP contribution in [0.3, 0.4) is 0 Å². The number of nitrogens with zero attached hydrogens (tertiary/aromatic N) is 1. The smallest absolute Gasteiger partial charge is 0.387 e. The lowest BCUT2D eigenvalue weighted by molar-refractivity contribution is -0.0512. The summed E-state index contributed by atoms with van der Waals surface area (Å²) in [7, 11) is 1.36. The zero-order valence-corrected chi connectivity index (χ0v) is 15.9. The maximum Gasteiger partial charge on any atom is 0.387 e. The summed E-state index contributed by atoms with van der Waals surface area (Å²) in [5, 5.41) is 2.80. The molecule has 0 fully saturated rings. The minimum Gasteiger partial charge on any atom is -0.493 e. The number of benzene rings is 1. The molecule has 0 unspecified atom stereocenters. The SMILES string of the molecule is CCN(Cc1ccc(Cl)s1)C(=O)NCc1ccc(OC(F)F)c(OC)c1. The van der Waals surface area contributed by atoms with E-state index < -0.39 is 6.61 Å². The number of amides is 2. The molecule has 0 atom stereocenters. The number of nitrogens with one attached hydrogen (secondary N) is 1. The standard InChI is InChI=1S/C17H19ClF2N2O3S/c1-3-22(10-12-5-7-15(18)26-12)17(23)21-9-11-4-6-13(25-16(19)20)14(8-11)24-2/h4-8,16H,3,9-10H2,1-2H3,(H,21,23). The van der Waals surface area contributed by atoms with Gasteiger partial charge in [-0.25, -0.2) is 4.79 Å². The average molecular weight is 405 g/mol. The molecule has 2 amide bonds. The molecule has 0 saturated heterocycles. The van der Waals surface area contributed by atoms with E-state index in [-0.39, 0.29) is 24.1 Å². The van der Waals surface area contributed by atoms with Crippen LogP contribution in [0.1, 0.15) is 17.4 Å². The number of rotatable bonds is 8. The van der Waals surface area contributed by atoms with Crippen LogP contribution in [-0.4, -0.2) is 31.2 Å². The van der Waals surface area contributed by atoms with Crippen LogP contribution < -0.4 is 14.8 Å². The number of hydrogen-bond acceptors (Lipinski definition) is 4. The summed E-state index contributed by atoms with van der Waals surface area (Å²) in [5.41, 5.74) is 0.701. The van der Waals surface area contributed by atoms with E-state index in [1.807, 2.05) is 13.0 Å². The highest BCUT2D eigenvalue weighted by molar-refractivity contribution is 7.16. The molecule has 142 valence electrons. The van der Waals surface area contributed by atoms with Crippen molar-refractivity contribution in [3.05, 3.63) is 45.1 Å². The van der Waals surface area contributed by atoms with Gasteiger partial charge in [0.1, 0.15) is 0 Å². The molecule has 5 nitrogen and oxygen atoms in total. The lowest BCUT2D eigenvalue weighted by atomic mass is 10.2. The number of urea groups is 1. The zero-order chi connectivity index (χ0) is 19.1. The zero-order valence-electron chi connectivity index (χ0n) is 14.3. The van der Waals surface area contributed by atoms with E-state index in [1.165, 1.54) is 24.5 Å². The van der Waals surface area contributed by atoms with Gasteiger partial charge in [-0.15, -0.1) is 11.3 Å². The quantitative estimate of drug-likeness (QED) is 0.691. The van der Waals surface area contributed by atoms with Crippen molar-refractivity contribution in [2.75, 3.05) is 13.7 Å². The first-order valence-electron chi connectivity index (χ1n) is 7.81. The van der Waals surface area contributed by atoms with Crippen molar-refractivity contribution in [2.45, 2.75) is 26.6 Å². The second-order valence-electron chi connectivity index (χ2n) is 5.24. The predicted molar refractivity (Wildman–Crippen MR) is 97.3 cm³/mol. The minimum absolute atomic E-state index is 0.0534. The fraction of sp³-hybridized carbons (Fsp3) is 0.353. The van der Waals surface area contributed by atoms with Crippen LogP contribution in [0.5, 0.6) is 11.5 Å². The van der Waals surface area contributed by atoms with Crippen LogP contribution in [0.15, 0.2) is 30.3 Å². The predicted octanol–water partition coefficient (Wildman–Crippen LogP) is 4.74. The van der Waals surface area contributed by atoms with Crippen LogP contribution in [0.25, 0.3) is 0 Å². The first kappa shape index (κ1) is 20.3. The molecule has 0 spiro atoms. The van der Waals surface area contributed by atoms with Gasteiger partial charge in [-0.1, -0.05) is 17.7 Å². The molecule has 0 aliphatic carbocycles. The molecule has 0 saturated carbocycles. The van der Waals surface area contributed by atoms with E-state index in [0.29, 0.717) is 23.0 Å². The Balaban J connectivity index is 1.96. The first-order valence-corrected chi connectivity index (χ1v) is 9.01. The summed E-state index contributed by atoms with van der Waals surface area (Å²) < 4.78 is 34.8. The van der Waals surface area contributed by atoms with Crippen molar-refractivity contribution in [3.8, 4) is 11.5 Å². The van der Waals surface area contributed by atoms with Gasteiger partial charge in [0.05, 0.1) is 18.0 Å². The van der Waals surface area contributed by atoms with Crippen LogP contribution in [0.2, 0.25) is 4.34 Å². The summed E-state index contributed by atoms with van der Waals surface area (Å²) in [6, 6.07) is 7.97. The fourth-order valence-electron chi connectivity index (χ4n) is 2.26. The number of thiophene rings is 1. The highest BCUT2D eigenvalue weighted by Crippen LogP contribution is 2.29. The normalized spacial score (nSPS) is 10.7. The Labute approximate surface area is 159 Å². The van der Waals surface area contributed by atoms with Crippen molar-refractivity contribution in [1.29, 1.82) is 0 Å². The summed E-state index contributed by atoms with van der Waals surface area (Å²) in [4.78, 5) is 15.0. The fourth-order valence-corrected chi connectivity index (χ4v) is 3.36. The summed E-state index contributed by atoms with van der Waals surface area (Å²) in [5.74, 6) is 0.125. The number of alkyl halides is 2. The van der Waals surface area contributed by atoms with Crippen LogP contribution in [-0.2, 0) is 13.1 Å². The Morgan fingerprint density at radius 2 is 2.08 bits per heavy atom. The highest BCUT2D eigenvalue weighted by Gasteiger charge is 2.14. The number of carbonyl (C=O) groups excluding carboxylic acids is 1. The second-order valence-corrected chi connectivity index (χ2v) is 7.04. The molecule has 26 heavy (non-hydrogen) atoms. The first-order chi connectivity index (χ1) is 12.4. The van der Waals surface area contributed by atoms with Crippen LogP contribution in [0.4, 0.5) is 13.6 Å². The molecule has 0 radical (unpaired) electrons. The van der Waals surface area contributed by atoms with Gasteiger partial charge in [-0.3, -0.25) is 0 Å². The highest BCUT2D eigenvalue weighted by atomic mass is 35.5. The van der Waals surface area contributed by atoms with E-state index in [4.69, 9.17) is 16.3 Å². The Bertz CT molecular complexity index is 743. The number of halogens is 3. The molecule has 9 heteroatoms. The van der Waals surface area contributed by atoms with Gasteiger partial charge < -0.3 is 19.7 Å². The summed E-state index contributed by atoms with van der Waals surface area (Å²) >= 11 is 7.34. The lowest BCUT2D eigenvalue weighted by Gasteiger charge is -2.21. The Hall–Kier alpha value is -2.06. The summed E-state index contributed by atoms with van der Waals surface area (Å²) in [6.45, 7) is 0.175. The van der Waals surface area contributed by atoms with Gasteiger partial charge in [0.15, 0.2) is 11.5 Å². The third-order valence-electron chi connectivity index (χ3n) is 3.53. The maximum atomic E-state index is 12.4. The molecule has 1 aromatic carbocycles. The monoisotopic (exact) mass is 404 g/mol. The van der Waals surface area contributed by atoms with E-state index in [2.05, 4.69) is 10.1 Å². The van der Waals surface area contributed by atoms with Gasteiger partial charge in [0.2, 0.25) is 0 Å². The van der Waals surface area contributed by atoms with Gasteiger partial charge >= 0.3 is 12.6 Å². The van der Waals surface area contributed by atoms with Crippen LogP contribution in [0, 0.1) is 0 Å². The molecule has 1 N–H and O–H groups in total. The molecule has 0 aliphatic heterocycles. The number of ether oxygens (including phenoxy) is 2. The Kier molecular flexibility index (Phi) is 7.47. The molecule has 1 heterocycles. The second kappa shape index (κ2) is 9.59. The van der Waals surface area contributed by atoms with E-state index in [1.54, 1.807) is 23.1 Å². The van der Waals surface area contributed by atoms with Crippen molar-refractivity contribution in [1.82, 2.24) is 10.2 Å². The number of hydrogen-bond donors (Lipinski definition) is 1. The summed E-state index contributed by atoms with van der Waals surface area (Å²) in [6.07, 6.45) is 0. The van der Waals surface area contributed by atoms with E-state index in [9.17, 15) is 13.6 Å². The Morgan fingerprint density at radius 1 is 1.31 bits per heavy atom. The molecule has 2 rings (SSSR count). The van der Waals surface area contributed by atoms with Crippen LogP contribution >= 0.6 is 22.9 Å². The molecule has 1 aromatic heterocycles. The van der Waals surface area contributed by atoms with Gasteiger partial charge in [-0.05, 0) is 36.8 Å². The largest absolute Gasteiger partial charge is 0.493 e. The van der Waals surface area contributed by atoms with Gasteiger partial charge in [-0.2, -0.15) is 8.78 Å². The molecule has 0 bridgehead atoms. The van der Waals surface area contributed by atoms with Crippen molar-refractivity contribution >= 4 is 29.0 Å². The minimum atomic E-state index is -2.93. The topological polar surface area (TPSA) is 50.8 Å². The number of methoxy groups -OCH3 is 1. The van der Waals surface area contributed by atoms with Gasteiger partial charge in [0.25, 0.3) is 0 Å². The number of carbonyl (C=O) groups is 1.